The van der Waals surface area contributed by atoms with Gasteiger partial charge in [0.25, 0.3) is 11.9 Å². The van der Waals surface area contributed by atoms with Crippen LogP contribution in [0.2, 0.25) is 0 Å². The maximum Gasteiger partial charge on any atom is 0.321 e. The minimum atomic E-state index is -0.833. The summed E-state index contributed by atoms with van der Waals surface area (Å²) < 4.78 is 0. The van der Waals surface area contributed by atoms with Crippen LogP contribution in [0.4, 0.5) is 0 Å². The quantitative estimate of drug-likeness (QED) is 0.390. The SMILES string of the molecule is CC(=O)O.CC(=O)O.CC(=O)ON.[Ti]. The fraction of sp³-hybridized carbons (Fsp3) is 0.500. The van der Waals surface area contributed by atoms with Gasteiger partial charge in [-0.15, -0.1) is 0 Å². The topological polar surface area (TPSA) is 127 Å². The van der Waals surface area contributed by atoms with Crippen molar-refractivity contribution < 1.29 is 51.2 Å². The molecule has 0 fully saturated rings. The van der Waals surface area contributed by atoms with Crippen molar-refractivity contribution in [1.29, 1.82) is 0 Å². The fourth-order valence-electron chi connectivity index (χ4n) is 0. The monoisotopic (exact) mass is 243 g/mol. The van der Waals surface area contributed by atoms with Crippen LogP contribution in [0, 0.1) is 0 Å². The summed E-state index contributed by atoms with van der Waals surface area (Å²) in [7, 11) is 0. The summed E-state index contributed by atoms with van der Waals surface area (Å²) in [5.41, 5.74) is 0. The molecule has 0 heterocycles. The predicted octanol–water partition coefficient (Wildman–Crippen LogP) is -0.397. The molecule has 4 N–H and O–H groups in total. The molecular formula is C6H13NO6Ti. The second-order valence-electron chi connectivity index (χ2n) is 1.65. The number of carboxylic acids is 2. The van der Waals surface area contributed by atoms with Crippen molar-refractivity contribution in [2.75, 3.05) is 0 Å². The van der Waals surface area contributed by atoms with E-state index < -0.39 is 17.9 Å². The number of rotatable bonds is 0. The van der Waals surface area contributed by atoms with Gasteiger partial charge in [0.1, 0.15) is 0 Å². The van der Waals surface area contributed by atoms with E-state index in [1.807, 2.05) is 0 Å². The van der Waals surface area contributed by atoms with Crippen molar-refractivity contribution in [2.45, 2.75) is 20.8 Å². The van der Waals surface area contributed by atoms with Gasteiger partial charge in [0.2, 0.25) is 0 Å². The summed E-state index contributed by atoms with van der Waals surface area (Å²) in [5, 5.41) is 14.8. The number of carbonyl (C=O) groups excluding carboxylic acids is 1. The van der Waals surface area contributed by atoms with E-state index in [2.05, 4.69) is 10.7 Å². The van der Waals surface area contributed by atoms with E-state index in [1.165, 1.54) is 6.92 Å². The van der Waals surface area contributed by atoms with E-state index in [1.54, 1.807) is 0 Å². The molecule has 0 unspecified atom stereocenters. The Morgan fingerprint density at radius 1 is 1.00 bits per heavy atom. The van der Waals surface area contributed by atoms with Gasteiger partial charge in [-0.3, -0.25) is 14.4 Å². The number of carboxylic acid groups (broad SMARTS) is 2. The maximum absolute atomic E-state index is 9.47. The summed E-state index contributed by atoms with van der Waals surface area (Å²) in [6.07, 6.45) is 0. The molecule has 0 spiro atoms. The molecule has 0 atom stereocenters. The van der Waals surface area contributed by atoms with Crippen LogP contribution in [0.15, 0.2) is 0 Å². The number of hydrogen-bond donors (Lipinski definition) is 3. The van der Waals surface area contributed by atoms with Crippen molar-refractivity contribution in [3.63, 3.8) is 0 Å². The Kier molecular flexibility index (Phi) is 29.8. The van der Waals surface area contributed by atoms with E-state index in [4.69, 9.17) is 19.8 Å². The van der Waals surface area contributed by atoms with Crippen LogP contribution in [0.1, 0.15) is 20.8 Å². The molecule has 0 aliphatic carbocycles. The first-order valence-corrected chi connectivity index (χ1v) is 3.00. The second kappa shape index (κ2) is 18.0. The van der Waals surface area contributed by atoms with Gasteiger partial charge in [-0.1, -0.05) is 0 Å². The molecule has 0 amide bonds. The molecule has 0 aromatic heterocycles. The molecule has 0 rings (SSSR count). The van der Waals surface area contributed by atoms with Gasteiger partial charge in [-0.25, -0.2) is 0 Å². The minimum absolute atomic E-state index is 0. The van der Waals surface area contributed by atoms with E-state index in [0.717, 1.165) is 13.8 Å². The smallest absolute Gasteiger partial charge is 0.321 e. The third kappa shape index (κ3) is 959. The first-order valence-electron chi connectivity index (χ1n) is 3.00. The van der Waals surface area contributed by atoms with Crippen molar-refractivity contribution >= 4 is 17.9 Å². The van der Waals surface area contributed by atoms with Crippen LogP contribution in [0.25, 0.3) is 0 Å². The summed E-state index contributed by atoms with van der Waals surface area (Å²) >= 11 is 0. The average molecular weight is 243 g/mol. The molecule has 0 aliphatic rings. The van der Waals surface area contributed by atoms with Crippen molar-refractivity contribution in [3.8, 4) is 0 Å². The molecule has 0 aromatic carbocycles. The number of aliphatic carboxylic acids is 2. The Hall–Kier alpha value is -0.916. The zero-order valence-electron chi connectivity index (χ0n) is 8.10. The molecule has 0 aromatic rings. The van der Waals surface area contributed by atoms with Crippen LogP contribution in [-0.4, -0.2) is 28.1 Å². The number of nitrogens with two attached hydrogens (primary N) is 1. The van der Waals surface area contributed by atoms with Gasteiger partial charge in [0, 0.05) is 42.5 Å². The van der Waals surface area contributed by atoms with Crippen LogP contribution >= 0.6 is 0 Å². The molecule has 0 bridgehead atoms. The molecule has 0 saturated carbocycles. The zero-order valence-corrected chi connectivity index (χ0v) is 9.67. The molecule has 0 saturated heterocycles. The Balaban J connectivity index is -0.0000000522. The van der Waals surface area contributed by atoms with E-state index in [9.17, 15) is 4.79 Å². The van der Waals surface area contributed by atoms with Gasteiger partial charge in [-0.2, -0.15) is 5.90 Å². The van der Waals surface area contributed by atoms with Crippen LogP contribution in [-0.2, 0) is 40.9 Å². The summed E-state index contributed by atoms with van der Waals surface area (Å²) in [6.45, 7) is 3.40. The van der Waals surface area contributed by atoms with E-state index in [-0.39, 0.29) is 21.7 Å². The first kappa shape index (κ1) is 23.2. The standard InChI is InChI=1S/C2H5NO2.2C2H4O2.Ti/c1-2(4)5-3;2*1-2(3)4;/h3H2,1H3;2*1H3,(H,3,4);. The van der Waals surface area contributed by atoms with E-state index >= 15 is 0 Å². The third-order valence-electron chi connectivity index (χ3n) is 0.166. The second-order valence-corrected chi connectivity index (χ2v) is 1.65. The van der Waals surface area contributed by atoms with Crippen molar-refractivity contribution in [3.05, 3.63) is 0 Å². The number of carbonyl (C=O) groups is 3. The molecule has 14 heavy (non-hydrogen) atoms. The van der Waals surface area contributed by atoms with Crippen LogP contribution in [0.5, 0.6) is 0 Å². The summed E-state index contributed by atoms with van der Waals surface area (Å²) in [5.74, 6) is 2.19. The Morgan fingerprint density at radius 3 is 1.07 bits per heavy atom. The normalized spacial score (nSPS) is 6.00. The molecule has 82 valence electrons. The molecule has 7 nitrogen and oxygen atoms in total. The van der Waals surface area contributed by atoms with Crippen LogP contribution in [0.3, 0.4) is 0 Å². The average Bonchev–Trinajstić information content (AvgIpc) is 1.84. The fourth-order valence-corrected chi connectivity index (χ4v) is 0. The van der Waals surface area contributed by atoms with Gasteiger partial charge in [0.15, 0.2) is 0 Å². The Bertz CT molecular complexity index is 152. The van der Waals surface area contributed by atoms with E-state index in [0.29, 0.717) is 0 Å². The molecule has 0 aliphatic heterocycles. The van der Waals surface area contributed by atoms with Crippen molar-refractivity contribution in [1.82, 2.24) is 0 Å². The molecule has 8 heteroatoms. The van der Waals surface area contributed by atoms with Crippen LogP contribution < -0.4 is 5.90 Å². The maximum atomic E-state index is 9.47. The molecule has 0 radical (unpaired) electrons. The Labute approximate surface area is 96.1 Å². The Morgan fingerprint density at radius 2 is 1.07 bits per heavy atom. The largest absolute Gasteiger partial charge is 0.481 e. The zero-order chi connectivity index (χ0) is 11.4. The van der Waals surface area contributed by atoms with Crippen molar-refractivity contribution in [2.24, 2.45) is 5.90 Å². The third-order valence-corrected chi connectivity index (χ3v) is 0.166. The van der Waals surface area contributed by atoms with Gasteiger partial charge < -0.3 is 15.1 Å². The summed E-state index contributed by atoms with van der Waals surface area (Å²) in [6, 6.07) is 0. The van der Waals surface area contributed by atoms with Gasteiger partial charge >= 0.3 is 5.97 Å². The summed E-state index contributed by atoms with van der Waals surface area (Å²) in [4.78, 5) is 31.1. The molecular weight excluding hydrogens is 230 g/mol. The van der Waals surface area contributed by atoms with Gasteiger partial charge in [-0.05, 0) is 0 Å². The first-order chi connectivity index (χ1) is 5.73. The minimum Gasteiger partial charge on any atom is -0.481 e. The predicted molar refractivity (Wildman–Crippen MR) is 42.6 cm³/mol. The number of hydrogen-bond acceptors (Lipinski definition) is 5. The van der Waals surface area contributed by atoms with Gasteiger partial charge in [0.05, 0.1) is 0 Å².